The molecule has 6 heteroatoms. The number of hydrogen-bond acceptors (Lipinski definition) is 4. The summed E-state index contributed by atoms with van der Waals surface area (Å²) in [5.41, 5.74) is 16.1. The first-order chi connectivity index (χ1) is 22.8. The van der Waals surface area contributed by atoms with Crippen LogP contribution in [0.4, 0.5) is 0 Å². The van der Waals surface area contributed by atoms with Crippen molar-refractivity contribution in [3.63, 3.8) is 0 Å². The van der Waals surface area contributed by atoms with Gasteiger partial charge in [0.05, 0.1) is 29.3 Å². The Kier molecular flexibility index (Phi) is 9.26. The molecule has 4 atom stereocenters. The molecule has 0 fully saturated rings. The number of aryl methyl sites for hydroxylation is 4. The van der Waals surface area contributed by atoms with Gasteiger partial charge in [0.1, 0.15) is 0 Å². The van der Waals surface area contributed by atoms with Gasteiger partial charge in [0.2, 0.25) is 0 Å². The topological polar surface area (TPSA) is 83.7 Å². The first-order valence-electron chi connectivity index (χ1n) is 18.4. The normalized spacial score (nSPS) is 22.7. The highest BCUT2D eigenvalue weighted by Gasteiger charge is 2.57. The van der Waals surface area contributed by atoms with E-state index in [4.69, 9.17) is 14.7 Å². The molecule has 3 aromatic heterocycles. The van der Waals surface area contributed by atoms with Gasteiger partial charge in [-0.1, -0.05) is 54.5 Å². The van der Waals surface area contributed by atoms with Crippen LogP contribution in [0.25, 0.3) is 27.6 Å². The smallest absolute Gasteiger partial charge is 0.310 e. The summed E-state index contributed by atoms with van der Waals surface area (Å²) in [7, 11) is 0. The van der Waals surface area contributed by atoms with Gasteiger partial charge in [0.25, 0.3) is 0 Å². The van der Waals surface area contributed by atoms with Gasteiger partial charge in [-0.3, -0.25) is 14.8 Å². The fourth-order valence-corrected chi connectivity index (χ4v) is 9.56. The number of carbonyl (C=O) groups excluding carboxylic acids is 1. The highest BCUT2D eigenvalue weighted by Crippen LogP contribution is 2.58. The summed E-state index contributed by atoms with van der Waals surface area (Å²) < 4.78 is 5.81. The van der Waals surface area contributed by atoms with Crippen molar-refractivity contribution >= 4 is 33.6 Å². The third kappa shape index (κ3) is 4.92. The molecular formula is C41H54N4O2. The van der Waals surface area contributed by atoms with E-state index in [0.29, 0.717) is 18.9 Å². The average molecular weight is 635 g/mol. The highest BCUT2D eigenvalue weighted by atomic mass is 16.5. The van der Waals surface area contributed by atoms with Crippen LogP contribution < -0.4 is 0 Å². The predicted molar refractivity (Wildman–Crippen MR) is 194 cm³/mol. The van der Waals surface area contributed by atoms with E-state index in [2.05, 4.69) is 89.6 Å². The molecule has 6 rings (SSSR count). The molecule has 2 aliphatic heterocycles. The van der Waals surface area contributed by atoms with Gasteiger partial charge in [0.15, 0.2) is 0 Å². The van der Waals surface area contributed by atoms with Gasteiger partial charge >= 0.3 is 5.97 Å². The van der Waals surface area contributed by atoms with Crippen LogP contribution in [0.3, 0.4) is 0 Å². The number of nitrogens with zero attached hydrogens (tertiary/aromatic N) is 2. The lowest BCUT2D eigenvalue weighted by Gasteiger charge is -2.31. The van der Waals surface area contributed by atoms with Gasteiger partial charge in [0, 0.05) is 45.3 Å². The predicted octanol–water partition coefficient (Wildman–Crippen LogP) is 9.74. The van der Waals surface area contributed by atoms with Gasteiger partial charge in [-0.15, -0.1) is 0 Å². The lowest BCUT2D eigenvalue weighted by molar-refractivity contribution is -0.149. The summed E-state index contributed by atoms with van der Waals surface area (Å²) in [6.07, 6.45) is 9.37. The maximum atomic E-state index is 13.9. The lowest BCUT2D eigenvalue weighted by atomic mass is 9.69. The van der Waals surface area contributed by atoms with Crippen LogP contribution in [-0.4, -0.2) is 32.5 Å². The quantitative estimate of drug-likeness (QED) is 0.230. The number of H-pyrrole nitrogens is 2. The summed E-state index contributed by atoms with van der Waals surface area (Å²) in [4.78, 5) is 32.7. The van der Waals surface area contributed by atoms with Crippen molar-refractivity contribution in [2.75, 3.05) is 6.61 Å². The van der Waals surface area contributed by atoms with Crippen molar-refractivity contribution < 1.29 is 9.53 Å². The molecule has 0 saturated heterocycles. The zero-order chi connectivity index (χ0) is 33.6. The monoisotopic (exact) mass is 634 g/mol. The summed E-state index contributed by atoms with van der Waals surface area (Å²) in [5.74, 6) is 0.126. The minimum atomic E-state index is -0.536. The Labute approximate surface area is 280 Å². The Morgan fingerprint density at radius 3 is 1.85 bits per heavy atom. The number of aromatic amines is 2. The number of hydrogen-bond donors (Lipinski definition) is 2. The van der Waals surface area contributed by atoms with Crippen molar-refractivity contribution in [1.29, 1.82) is 0 Å². The molecule has 0 spiro atoms. The van der Waals surface area contributed by atoms with Crippen LogP contribution >= 0.6 is 0 Å². The number of aromatic nitrogens is 4. The largest absolute Gasteiger partial charge is 0.466 e. The van der Waals surface area contributed by atoms with Gasteiger partial charge in [-0.2, -0.15) is 0 Å². The van der Waals surface area contributed by atoms with Gasteiger partial charge in [-0.05, 0) is 117 Å². The second kappa shape index (κ2) is 13.1. The van der Waals surface area contributed by atoms with E-state index in [9.17, 15) is 4.79 Å². The van der Waals surface area contributed by atoms with Crippen LogP contribution in [0.5, 0.6) is 0 Å². The summed E-state index contributed by atoms with van der Waals surface area (Å²) in [5, 5.41) is 0. The second-order valence-corrected chi connectivity index (χ2v) is 13.5. The molecule has 1 aliphatic carbocycles. The Morgan fingerprint density at radius 2 is 1.36 bits per heavy atom. The molecule has 0 saturated carbocycles. The van der Waals surface area contributed by atoms with Crippen LogP contribution in [0, 0.1) is 5.92 Å². The van der Waals surface area contributed by atoms with Crippen LogP contribution in [0.1, 0.15) is 144 Å². The molecule has 0 aromatic carbocycles. The van der Waals surface area contributed by atoms with E-state index in [-0.39, 0.29) is 17.8 Å². The van der Waals surface area contributed by atoms with E-state index in [0.717, 1.165) is 89.9 Å². The van der Waals surface area contributed by atoms with Crippen molar-refractivity contribution in [2.45, 2.75) is 131 Å². The molecule has 4 unspecified atom stereocenters. The number of fused-ring (bicyclic) bond motifs is 8. The Balaban J connectivity index is 1.85. The average Bonchev–Trinajstić information content (AvgIpc) is 3.84. The molecule has 6 nitrogen and oxygen atoms in total. The molecule has 0 amide bonds. The van der Waals surface area contributed by atoms with E-state index in [1.165, 1.54) is 33.3 Å². The van der Waals surface area contributed by atoms with Crippen molar-refractivity contribution in [3.8, 4) is 0 Å². The third-order valence-electron chi connectivity index (χ3n) is 11.6. The number of allylic oxidation sites excluding steroid dienone is 2. The molecule has 47 heavy (non-hydrogen) atoms. The highest BCUT2D eigenvalue weighted by molar-refractivity contribution is 5.89. The van der Waals surface area contributed by atoms with Crippen LogP contribution in [0.15, 0.2) is 24.3 Å². The molecule has 8 bridgehead atoms. The Morgan fingerprint density at radius 1 is 0.809 bits per heavy atom. The zero-order valence-corrected chi connectivity index (χ0v) is 30.1. The van der Waals surface area contributed by atoms with Crippen LogP contribution in [-0.2, 0) is 47.1 Å². The molecule has 2 N–H and O–H groups in total. The zero-order valence-electron chi connectivity index (χ0n) is 30.1. The van der Waals surface area contributed by atoms with Gasteiger partial charge in [-0.25, -0.2) is 0 Å². The number of rotatable bonds is 9. The van der Waals surface area contributed by atoms with E-state index in [1.807, 2.05) is 6.92 Å². The minimum Gasteiger partial charge on any atom is -0.466 e. The number of carbonyl (C=O) groups is 1. The first kappa shape index (κ1) is 33.2. The van der Waals surface area contributed by atoms with Crippen molar-refractivity contribution in [1.82, 2.24) is 19.9 Å². The molecule has 0 radical (unpaired) electrons. The molecule has 3 aromatic rings. The van der Waals surface area contributed by atoms with E-state index in [1.54, 1.807) is 0 Å². The SMILES string of the molecule is C/C=C1\c2cc3[nH]c(cc4[nH]c(cc5nc(c6c(n2)C1(CC)C(C(=O)OCC)C6)C(CC)C5CC)c(CC)c4CC)c(CC)c3CC. The molecule has 250 valence electrons. The Hall–Kier alpha value is -3.67. The van der Waals surface area contributed by atoms with Crippen molar-refractivity contribution in [2.24, 2.45) is 5.92 Å². The first-order valence-corrected chi connectivity index (χ1v) is 18.4. The van der Waals surface area contributed by atoms with Gasteiger partial charge < -0.3 is 14.7 Å². The lowest BCUT2D eigenvalue weighted by Crippen LogP contribution is -2.36. The standard InChI is InChI=1S/C41H54N4O2/c1-10-23-24(11-2)34-21-36-27(14-5)28(15-6)38(44-36)29-19-31(40(46)47-18-9)41(17-8)30(16-7)37(45-39(29)41)22-35-26(13-4)25(12-3)33(43-35)20-32(23)42-34/h16,20-22,27-28,31,42-43H,10-15,17-19H2,1-9H3/b30-16+,32-20?,33-20?,34-21?,35-22?,36-21?,37-22?,38-29?. The Bertz CT molecular complexity index is 1890. The number of esters is 1. The van der Waals surface area contributed by atoms with E-state index < -0.39 is 5.41 Å². The fraction of sp³-hybridized carbons (Fsp3) is 0.537. The maximum Gasteiger partial charge on any atom is 0.310 e. The molecule has 5 heterocycles. The summed E-state index contributed by atoms with van der Waals surface area (Å²) >= 11 is 0. The third-order valence-corrected chi connectivity index (χ3v) is 11.6. The second-order valence-electron chi connectivity index (χ2n) is 13.5. The van der Waals surface area contributed by atoms with Crippen LogP contribution in [0.2, 0.25) is 0 Å². The number of nitrogens with one attached hydrogen (secondary N) is 2. The minimum absolute atomic E-state index is 0.126. The maximum absolute atomic E-state index is 13.9. The van der Waals surface area contributed by atoms with Crippen molar-refractivity contribution in [3.05, 3.63) is 74.9 Å². The summed E-state index contributed by atoms with van der Waals surface area (Å²) in [6, 6.07) is 6.93. The summed E-state index contributed by atoms with van der Waals surface area (Å²) in [6.45, 7) is 20.2. The molecule has 3 aliphatic rings. The molecular weight excluding hydrogens is 580 g/mol. The number of ether oxygens (including phenoxy) is 1. The van der Waals surface area contributed by atoms with E-state index >= 15 is 0 Å². The fourth-order valence-electron chi connectivity index (χ4n) is 9.56.